The van der Waals surface area contributed by atoms with Gasteiger partial charge < -0.3 is 10.5 Å². The summed E-state index contributed by atoms with van der Waals surface area (Å²) < 4.78 is 5.91. The van der Waals surface area contributed by atoms with Gasteiger partial charge in [-0.3, -0.25) is 0 Å². The molecule has 1 unspecified atom stereocenters. The Labute approximate surface area is 116 Å². The SMILES string of the molecule is CCc1ccc(OCC2CC2)c(CC(C)N)c1.Cl. The van der Waals surface area contributed by atoms with Crippen LogP contribution in [0.2, 0.25) is 0 Å². The van der Waals surface area contributed by atoms with E-state index < -0.39 is 0 Å². The predicted octanol–water partition coefficient (Wildman–Crippen LogP) is 3.35. The van der Waals surface area contributed by atoms with Crippen LogP contribution in [0, 0.1) is 5.92 Å². The Morgan fingerprint density at radius 1 is 1.39 bits per heavy atom. The van der Waals surface area contributed by atoms with Crippen LogP contribution in [0.25, 0.3) is 0 Å². The van der Waals surface area contributed by atoms with E-state index in [0.29, 0.717) is 0 Å². The molecule has 2 rings (SSSR count). The molecule has 0 saturated heterocycles. The molecule has 0 radical (unpaired) electrons. The molecule has 0 heterocycles. The van der Waals surface area contributed by atoms with Gasteiger partial charge in [-0.15, -0.1) is 12.4 Å². The minimum absolute atomic E-state index is 0. The molecular weight excluding hydrogens is 246 g/mol. The van der Waals surface area contributed by atoms with Gasteiger partial charge in [-0.05, 0) is 55.7 Å². The highest BCUT2D eigenvalue weighted by Gasteiger charge is 2.22. The topological polar surface area (TPSA) is 35.2 Å². The maximum Gasteiger partial charge on any atom is 0.122 e. The molecular formula is C15H24ClNO. The Hall–Kier alpha value is -0.730. The lowest BCUT2D eigenvalue weighted by Gasteiger charge is -2.14. The lowest BCUT2D eigenvalue weighted by atomic mass is 10.0. The Morgan fingerprint density at radius 2 is 2.11 bits per heavy atom. The normalized spacial score (nSPS) is 15.9. The summed E-state index contributed by atoms with van der Waals surface area (Å²) in [4.78, 5) is 0. The summed E-state index contributed by atoms with van der Waals surface area (Å²) in [6.07, 6.45) is 4.62. The Bertz CT molecular complexity index is 375. The van der Waals surface area contributed by atoms with Crippen molar-refractivity contribution in [3.05, 3.63) is 29.3 Å². The fourth-order valence-corrected chi connectivity index (χ4v) is 1.99. The first-order chi connectivity index (χ1) is 8.19. The number of ether oxygens (including phenoxy) is 1. The van der Waals surface area contributed by atoms with Crippen molar-refractivity contribution in [1.29, 1.82) is 0 Å². The van der Waals surface area contributed by atoms with E-state index >= 15 is 0 Å². The third-order valence-electron chi connectivity index (χ3n) is 3.25. The van der Waals surface area contributed by atoms with Gasteiger partial charge in [-0.1, -0.05) is 19.1 Å². The molecule has 0 spiro atoms. The zero-order valence-electron chi connectivity index (χ0n) is 11.3. The van der Waals surface area contributed by atoms with Crippen molar-refractivity contribution < 1.29 is 4.74 Å². The van der Waals surface area contributed by atoms with Crippen molar-refractivity contribution in [1.82, 2.24) is 0 Å². The maximum absolute atomic E-state index is 5.91. The van der Waals surface area contributed by atoms with Crippen LogP contribution >= 0.6 is 12.4 Å². The van der Waals surface area contributed by atoms with Gasteiger partial charge >= 0.3 is 0 Å². The molecule has 0 amide bonds. The second-order valence-corrected chi connectivity index (χ2v) is 5.23. The standard InChI is InChI=1S/C15H23NO.ClH/c1-3-12-6-7-15(17-10-13-4-5-13)14(9-12)8-11(2)16;/h6-7,9,11,13H,3-5,8,10,16H2,1-2H3;1H. The molecule has 102 valence electrons. The fourth-order valence-electron chi connectivity index (χ4n) is 1.99. The highest BCUT2D eigenvalue weighted by molar-refractivity contribution is 5.85. The van der Waals surface area contributed by atoms with E-state index in [1.54, 1.807) is 0 Å². The number of aryl methyl sites for hydroxylation is 1. The lowest BCUT2D eigenvalue weighted by molar-refractivity contribution is 0.296. The molecule has 1 aliphatic carbocycles. The van der Waals surface area contributed by atoms with Gasteiger partial charge in [0, 0.05) is 6.04 Å². The first-order valence-electron chi connectivity index (χ1n) is 6.69. The van der Waals surface area contributed by atoms with Crippen LogP contribution < -0.4 is 10.5 Å². The summed E-state index contributed by atoms with van der Waals surface area (Å²) in [5.41, 5.74) is 8.52. The molecule has 1 aromatic carbocycles. The van der Waals surface area contributed by atoms with Gasteiger partial charge in [0.1, 0.15) is 5.75 Å². The van der Waals surface area contributed by atoms with E-state index in [1.165, 1.54) is 24.0 Å². The van der Waals surface area contributed by atoms with Crippen LogP contribution in [-0.4, -0.2) is 12.6 Å². The summed E-state index contributed by atoms with van der Waals surface area (Å²) in [5, 5.41) is 0. The van der Waals surface area contributed by atoms with Crippen molar-refractivity contribution in [3.63, 3.8) is 0 Å². The van der Waals surface area contributed by atoms with Crippen molar-refractivity contribution in [2.24, 2.45) is 11.7 Å². The Morgan fingerprint density at radius 3 is 2.67 bits per heavy atom. The van der Waals surface area contributed by atoms with E-state index in [-0.39, 0.29) is 18.4 Å². The molecule has 0 aliphatic heterocycles. The van der Waals surface area contributed by atoms with E-state index in [0.717, 1.165) is 31.1 Å². The molecule has 3 heteroatoms. The second-order valence-electron chi connectivity index (χ2n) is 5.23. The van der Waals surface area contributed by atoms with Crippen molar-refractivity contribution >= 4 is 12.4 Å². The Balaban J connectivity index is 0.00000162. The van der Waals surface area contributed by atoms with Crippen molar-refractivity contribution in [2.45, 2.75) is 45.6 Å². The number of hydrogen-bond donors (Lipinski definition) is 1. The van der Waals surface area contributed by atoms with E-state index in [4.69, 9.17) is 10.5 Å². The van der Waals surface area contributed by atoms with Crippen LogP contribution in [-0.2, 0) is 12.8 Å². The Kier molecular flexibility index (Phi) is 5.97. The third-order valence-corrected chi connectivity index (χ3v) is 3.25. The molecule has 2 nitrogen and oxygen atoms in total. The largest absolute Gasteiger partial charge is 0.493 e. The van der Waals surface area contributed by atoms with Gasteiger partial charge in [0.2, 0.25) is 0 Å². The monoisotopic (exact) mass is 269 g/mol. The van der Waals surface area contributed by atoms with E-state index in [2.05, 4.69) is 25.1 Å². The molecule has 1 saturated carbocycles. The average Bonchev–Trinajstić information content (AvgIpc) is 3.10. The van der Waals surface area contributed by atoms with Gasteiger partial charge in [0.05, 0.1) is 6.61 Å². The molecule has 0 aromatic heterocycles. The van der Waals surface area contributed by atoms with Crippen LogP contribution in [0.3, 0.4) is 0 Å². The van der Waals surface area contributed by atoms with Crippen LogP contribution in [0.1, 0.15) is 37.8 Å². The van der Waals surface area contributed by atoms with E-state index in [1.807, 2.05) is 6.92 Å². The quantitative estimate of drug-likeness (QED) is 0.860. The van der Waals surface area contributed by atoms with Crippen molar-refractivity contribution in [2.75, 3.05) is 6.61 Å². The first kappa shape index (κ1) is 15.3. The van der Waals surface area contributed by atoms with Crippen LogP contribution in [0.5, 0.6) is 5.75 Å². The van der Waals surface area contributed by atoms with Crippen molar-refractivity contribution in [3.8, 4) is 5.75 Å². The fraction of sp³-hybridized carbons (Fsp3) is 0.600. The third kappa shape index (κ3) is 4.51. The first-order valence-corrected chi connectivity index (χ1v) is 6.69. The summed E-state index contributed by atoms with van der Waals surface area (Å²) in [5.74, 6) is 1.83. The summed E-state index contributed by atoms with van der Waals surface area (Å²) in [6.45, 7) is 5.09. The molecule has 0 bridgehead atoms. The smallest absolute Gasteiger partial charge is 0.122 e. The molecule has 1 aromatic rings. The van der Waals surface area contributed by atoms with Crippen LogP contribution in [0.15, 0.2) is 18.2 Å². The number of benzene rings is 1. The number of hydrogen-bond acceptors (Lipinski definition) is 2. The number of rotatable bonds is 6. The van der Waals surface area contributed by atoms with Crippen LogP contribution in [0.4, 0.5) is 0 Å². The number of halogens is 1. The number of nitrogens with two attached hydrogens (primary N) is 1. The van der Waals surface area contributed by atoms with Gasteiger partial charge in [0.15, 0.2) is 0 Å². The summed E-state index contributed by atoms with van der Waals surface area (Å²) in [7, 11) is 0. The maximum atomic E-state index is 5.91. The van der Waals surface area contributed by atoms with Gasteiger partial charge in [-0.2, -0.15) is 0 Å². The van der Waals surface area contributed by atoms with Gasteiger partial charge in [-0.25, -0.2) is 0 Å². The minimum Gasteiger partial charge on any atom is -0.493 e. The molecule has 18 heavy (non-hydrogen) atoms. The molecule has 1 atom stereocenters. The minimum atomic E-state index is 0. The predicted molar refractivity (Wildman–Crippen MR) is 78.6 cm³/mol. The van der Waals surface area contributed by atoms with E-state index in [9.17, 15) is 0 Å². The molecule has 1 aliphatic rings. The molecule has 1 fully saturated rings. The highest BCUT2D eigenvalue weighted by Crippen LogP contribution is 2.31. The lowest BCUT2D eigenvalue weighted by Crippen LogP contribution is -2.18. The van der Waals surface area contributed by atoms with Gasteiger partial charge in [0.25, 0.3) is 0 Å². The second kappa shape index (κ2) is 7.01. The average molecular weight is 270 g/mol. The highest BCUT2D eigenvalue weighted by atomic mass is 35.5. The zero-order chi connectivity index (χ0) is 12.3. The zero-order valence-corrected chi connectivity index (χ0v) is 12.1. The molecule has 2 N–H and O–H groups in total. The summed E-state index contributed by atoms with van der Waals surface area (Å²) >= 11 is 0. The summed E-state index contributed by atoms with van der Waals surface area (Å²) in [6, 6.07) is 6.70.